The molecule has 4 aliphatic rings. The third kappa shape index (κ3) is 3.68. The first-order chi connectivity index (χ1) is 12.6. The van der Waals surface area contributed by atoms with Crippen molar-refractivity contribution in [1.29, 1.82) is 0 Å². The Morgan fingerprint density at radius 2 is 1.96 bits per heavy atom. The molecule has 0 radical (unpaired) electrons. The fourth-order valence-corrected chi connectivity index (χ4v) is 5.53. The highest BCUT2D eigenvalue weighted by Gasteiger charge is 2.68. The summed E-state index contributed by atoms with van der Waals surface area (Å²) in [7, 11) is -0.250. The Balaban J connectivity index is 1.54. The molecule has 7 N–H and O–H groups in total. The van der Waals surface area contributed by atoms with Gasteiger partial charge in [-0.2, -0.15) is 0 Å². The van der Waals surface area contributed by atoms with Crippen LogP contribution in [-0.4, -0.2) is 43.4 Å². The van der Waals surface area contributed by atoms with Crippen LogP contribution in [0.5, 0.6) is 0 Å². The van der Waals surface area contributed by atoms with Crippen LogP contribution in [0.1, 0.15) is 66.7 Å². The minimum Gasteiger partial charge on any atom is -0.405 e. The van der Waals surface area contributed by atoms with E-state index in [1.165, 1.54) is 6.42 Å². The Labute approximate surface area is 164 Å². The molecule has 27 heavy (non-hydrogen) atoms. The van der Waals surface area contributed by atoms with Crippen molar-refractivity contribution >= 4 is 13.0 Å². The minimum absolute atomic E-state index is 0.00800. The zero-order valence-corrected chi connectivity index (χ0v) is 17.9. The highest BCUT2D eigenvalue weighted by Crippen LogP contribution is 2.66. The van der Waals surface area contributed by atoms with Crippen LogP contribution < -0.4 is 16.8 Å². The Kier molecular flexibility index (Phi) is 5.98. The molecule has 0 aromatic rings. The highest BCUT2D eigenvalue weighted by atomic mass is 16.7. The van der Waals surface area contributed by atoms with Gasteiger partial charge in [0.15, 0.2) is 6.04 Å². The first-order valence-corrected chi connectivity index (χ1v) is 10.9. The van der Waals surface area contributed by atoms with Gasteiger partial charge in [0, 0.05) is 18.3 Å². The summed E-state index contributed by atoms with van der Waals surface area (Å²) >= 11 is 0. The number of hydrogen-bond acceptors (Lipinski definition) is 3. The molecule has 2 bridgehead atoms. The highest BCUT2D eigenvalue weighted by molar-refractivity contribution is 6.47. The summed E-state index contributed by atoms with van der Waals surface area (Å²) in [5, 5.41) is 3.14. The number of carbonyl (C=O) groups excluding carboxylic acids is 1. The van der Waals surface area contributed by atoms with Crippen molar-refractivity contribution < 1.29 is 25.6 Å². The standard InChI is InChI=1S/C20H38BN3O3/c1-12(13(2)24-18(25)15(23)8-6-7-9-22)21-26-17-11-14-10-16(19(14,3)4)20(17,5)27-21/h12-17H,6-11,22-23H2,1-5H3,(H,24,25)/p+2. The molecule has 1 saturated heterocycles. The third-order valence-corrected chi connectivity index (χ3v) is 7.98. The maximum atomic E-state index is 12.5. The van der Waals surface area contributed by atoms with E-state index in [-0.39, 0.29) is 42.6 Å². The molecule has 7 heteroatoms. The van der Waals surface area contributed by atoms with E-state index in [2.05, 4.69) is 44.5 Å². The summed E-state index contributed by atoms with van der Waals surface area (Å²) in [6.45, 7) is 12.1. The summed E-state index contributed by atoms with van der Waals surface area (Å²) in [6, 6.07) is -0.212. The number of nitrogens with one attached hydrogen (secondary N) is 1. The van der Waals surface area contributed by atoms with Gasteiger partial charge < -0.3 is 26.1 Å². The van der Waals surface area contributed by atoms with Gasteiger partial charge in [-0.05, 0) is 56.8 Å². The van der Waals surface area contributed by atoms with E-state index in [9.17, 15) is 4.79 Å². The van der Waals surface area contributed by atoms with Gasteiger partial charge in [0.25, 0.3) is 5.91 Å². The Bertz CT molecular complexity index is 561. The number of quaternary nitrogens is 2. The van der Waals surface area contributed by atoms with Gasteiger partial charge in [-0.3, -0.25) is 4.79 Å². The van der Waals surface area contributed by atoms with Crippen LogP contribution in [0.4, 0.5) is 0 Å². The molecule has 3 aliphatic carbocycles. The SMILES string of the molecule is CC(NC(=O)C([NH3+])CCCC[NH3+])C(C)B1OC2CC3CC(C3(C)C)C2(C)O1. The maximum absolute atomic E-state index is 12.5. The lowest BCUT2D eigenvalue weighted by Gasteiger charge is -2.64. The first kappa shape index (κ1) is 21.1. The second kappa shape index (κ2) is 7.66. The second-order valence-electron chi connectivity index (χ2n) is 10.0. The van der Waals surface area contributed by atoms with Crippen LogP contribution in [0.3, 0.4) is 0 Å². The lowest BCUT2D eigenvalue weighted by Crippen LogP contribution is -2.68. The van der Waals surface area contributed by atoms with Gasteiger partial charge in [0.2, 0.25) is 0 Å². The molecule has 0 aromatic carbocycles. The van der Waals surface area contributed by atoms with Crippen LogP contribution >= 0.6 is 0 Å². The van der Waals surface area contributed by atoms with E-state index < -0.39 is 0 Å². The van der Waals surface area contributed by atoms with Crippen molar-refractivity contribution in [2.45, 2.75) is 96.3 Å². The summed E-state index contributed by atoms with van der Waals surface area (Å²) in [6.07, 6.45) is 5.41. The molecular formula is C20H40BN3O3+2. The Hall–Kier alpha value is -0.625. The largest absolute Gasteiger partial charge is 0.462 e. The van der Waals surface area contributed by atoms with Crippen molar-refractivity contribution in [2.75, 3.05) is 6.54 Å². The van der Waals surface area contributed by atoms with Crippen LogP contribution in [0.2, 0.25) is 5.82 Å². The zero-order valence-electron chi connectivity index (χ0n) is 17.9. The van der Waals surface area contributed by atoms with E-state index in [0.717, 1.165) is 38.1 Å². The molecule has 7 atom stereocenters. The predicted octanol–water partition coefficient (Wildman–Crippen LogP) is 0.632. The van der Waals surface area contributed by atoms with Crippen molar-refractivity contribution in [3.05, 3.63) is 0 Å². The van der Waals surface area contributed by atoms with Gasteiger partial charge in [-0.1, -0.05) is 20.8 Å². The zero-order chi connectivity index (χ0) is 20.0. The summed E-state index contributed by atoms with van der Waals surface area (Å²) < 4.78 is 12.9. The second-order valence-corrected chi connectivity index (χ2v) is 10.0. The van der Waals surface area contributed by atoms with E-state index in [0.29, 0.717) is 11.3 Å². The van der Waals surface area contributed by atoms with Crippen molar-refractivity contribution in [3.8, 4) is 0 Å². The average molecular weight is 381 g/mol. The summed E-state index contributed by atoms with van der Waals surface area (Å²) in [5.41, 5.74) is 8.03. The van der Waals surface area contributed by atoms with E-state index >= 15 is 0 Å². The quantitative estimate of drug-likeness (QED) is 0.424. The van der Waals surface area contributed by atoms with Gasteiger partial charge in [-0.25, -0.2) is 0 Å². The van der Waals surface area contributed by atoms with Gasteiger partial charge in [-0.15, -0.1) is 0 Å². The molecule has 4 rings (SSSR count). The summed E-state index contributed by atoms with van der Waals surface area (Å²) in [5.74, 6) is 1.45. The number of rotatable bonds is 8. The van der Waals surface area contributed by atoms with E-state index in [1.54, 1.807) is 0 Å². The predicted molar refractivity (Wildman–Crippen MR) is 105 cm³/mol. The van der Waals surface area contributed by atoms with Crippen LogP contribution in [0.25, 0.3) is 0 Å². The molecule has 1 amide bonds. The fourth-order valence-electron chi connectivity index (χ4n) is 5.53. The molecule has 4 fully saturated rings. The van der Waals surface area contributed by atoms with E-state index in [4.69, 9.17) is 9.31 Å². The van der Waals surface area contributed by atoms with Crippen molar-refractivity contribution in [3.63, 3.8) is 0 Å². The molecule has 0 aromatic heterocycles. The van der Waals surface area contributed by atoms with Crippen LogP contribution in [0, 0.1) is 17.3 Å². The lowest BCUT2D eigenvalue weighted by molar-refractivity contribution is -0.406. The number of amides is 1. The van der Waals surface area contributed by atoms with Crippen molar-refractivity contribution in [2.24, 2.45) is 17.3 Å². The smallest absolute Gasteiger partial charge is 0.405 e. The normalized spacial score (nSPS) is 37.1. The topological polar surface area (TPSA) is 103 Å². The number of hydrogen-bond donors (Lipinski definition) is 3. The Morgan fingerprint density at radius 3 is 2.59 bits per heavy atom. The van der Waals surface area contributed by atoms with Gasteiger partial charge >= 0.3 is 7.12 Å². The molecule has 7 unspecified atom stereocenters. The molecular weight excluding hydrogens is 341 g/mol. The molecule has 1 aliphatic heterocycles. The fraction of sp³-hybridized carbons (Fsp3) is 0.950. The molecule has 154 valence electrons. The number of carbonyl (C=O) groups is 1. The lowest BCUT2D eigenvalue weighted by atomic mass is 9.43. The molecule has 0 spiro atoms. The molecule has 1 heterocycles. The number of unbranched alkanes of at least 4 members (excludes halogenated alkanes) is 1. The van der Waals surface area contributed by atoms with Crippen molar-refractivity contribution in [1.82, 2.24) is 5.32 Å². The molecule has 3 saturated carbocycles. The molecule has 6 nitrogen and oxygen atoms in total. The minimum atomic E-state index is -0.250. The van der Waals surface area contributed by atoms with Gasteiger partial charge in [0.05, 0.1) is 18.2 Å². The first-order valence-electron chi connectivity index (χ1n) is 10.9. The average Bonchev–Trinajstić information content (AvgIpc) is 2.97. The maximum Gasteiger partial charge on any atom is 0.462 e. The summed E-state index contributed by atoms with van der Waals surface area (Å²) in [4.78, 5) is 12.5. The Morgan fingerprint density at radius 1 is 1.26 bits per heavy atom. The third-order valence-electron chi connectivity index (χ3n) is 7.98. The van der Waals surface area contributed by atoms with Gasteiger partial charge in [0.1, 0.15) is 0 Å². The monoisotopic (exact) mass is 381 g/mol. The van der Waals surface area contributed by atoms with E-state index in [1.807, 2.05) is 6.92 Å². The van der Waals surface area contributed by atoms with Crippen LogP contribution in [0.15, 0.2) is 0 Å². The van der Waals surface area contributed by atoms with Crippen LogP contribution in [-0.2, 0) is 14.1 Å².